The number of aromatic nitrogens is 2. The monoisotopic (exact) mass is 505 g/mol. The summed E-state index contributed by atoms with van der Waals surface area (Å²) in [6.07, 6.45) is -1.38. The molecule has 0 amide bonds. The molecule has 2 fully saturated rings. The number of halogens is 3. The molecule has 0 atom stereocenters. The van der Waals surface area contributed by atoms with Gasteiger partial charge in [0.1, 0.15) is 0 Å². The van der Waals surface area contributed by atoms with E-state index in [1.807, 2.05) is 12.1 Å². The molecule has 0 unspecified atom stereocenters. The number of nitrogens with zero attached hydrogens (tertiary/aromatic N) is 5. The predicted molar refractivity (Wildman–Crippen MR) is 133 cm³/mol. The summed E-state index contributed by atoms with van der Waals surface area (Å²) in [5, 5.41) is 13.7. The number of pyridine rings is 1. The molecule has 1 aromatic carbocycles. The smallest absolute Gasteiger partial charge is 0.393 e. The number of hydrogen-bond acceptors (Lipinski definition) is 7. The molecule has 0 spiro atoms. The molecule has 1 N–H and O–H groups in total. The Morgan fingerprint density at radius 3 is 2.63 bits per heavy atom. The van der Waals surface area contributed by atoms with E-state index in [0.29, 0.717) is 24.3 Å². The third kappa shape index (κ3) is 5.87. The first-order valence-corrected chi connectivity index (χ1v) is 13.0. The Bertz CT molecular complexity index is 1150. The van der Waals surface area contributed by atoms with E-state index in [1.165, 1.54) is 0 Å². The third-order valence-electron chi connectivity index (χ3n) is 6.79. The first kappa shape index (κ1) is 24.3. The van der Waals surface area contributed by atoms with Crippen molar-refractivity contribution in [1.82, 2.24) is 14.9 Å². The van der Waals surface area contributed by atoms with Gasteiger partial charge >= 0.3 is 6.18 Å². The molecule has 0 saturated carbocycles. The Kier molecular flexibility index (Phi) is 7.13. The van der Waals surface area contributed by atoms with Crippen molar-refractivity contribution in [2.75, 3.05) is 49.1 Å². The molecule has 10 heteroatoms. The quantitative estimate of drug-likeness (QED) is 0.552. The van der Waals surface area contributed by atoms with Crippen molar-refractivity contribution in [1.29, 1.82) is 0 Å². The van der Waals surface area contributed by atoms with Crippen LogP contribution >= 0.6 is 11.3 Å². The number of hydrogen-bond donors (Lipinski definition) is 1. The lowest BCUT2D eigenvalue weighted by Gasteiger charge is -2.29. The van der Waals surface area contributed by atoms with Gasteiger partial charge in [-0.25, -0.2) is 4.98 Å². The van der Waals surface area contributed by atoms with Gasteiger partial charge in [-0.05, 0) is 30.9 Å². The minimum absolute atomic E-state index is 0.209. The lowest BCUT2D eigenvalue weighted by molar-refractivity contribution is -0.127. The summed E-state index contributed by atoms with van der Waals surface area (Å²) in [5.74, 6) is 0. The highest BCUT2D eigenvalue weighted by Crippen LogP contribution is 2.34. The van der Waals surface area contributed by atoms with Gasteiger partial charge in [-0.15, -0.1) is 11.3 Å². The van der Waals surface area contributed by atoms with E-state index in [4.69, 9.17) is 4.98 Å². The highest BCUT2D eigenvalue weighted by atomic mass is 32.1. The summed E-state index contributed by atoms with van der Waals surface area (Å²) in [7, 11) is 0. The molecule has 4 heterocycles. The lowest BCUT2D eigenvalue weighted by atomic mass is 10.0. The van der Waals surface area contributed by atoms with Crippen LogP contribution in [0.2, 0.25) is 0 Å². The number of aliphatic hydroxyl groups excluding tert-OH is 1. The zero-order chi connectivity index (χ0) is 24.4. The molecular weight excluding hydrogens is 475 g/mol. The van der Waals surface area contributed by atoms with Crippen molar-refractivity contribution in [3.05, 3.63) is 47.1 Å². The molecule has 2 aliphatic rings. The molecule has 2 saturated heterocycles. The van der Waals surface area contributed by atoms with Crippen molar-refractivity contribution >= 4 is 33.1 Å². The molecule has 2 aliphatic heterocycles. The average Bonchev–Trinajstić information content (AvgIpc) is 3.17. The maximum Gasteiger partial charge on any atom is 0.393 e. The van der Waals surface area contributed by atoms with Gasteiger partial charge in [0.15, 0.2) is 5.13 Å². The van der Waals surface area contributed by atoms with E-state index in [1.54, 1.807) is 29.7 Å². The Labute approximate surface area is 207 Å². The Hall–Kier alpha value is -2.43. The number of piperidine rings is 1. The van der Waals surface area contributed by atoms with Gasteiger partial charge in [0.05, 0.1) is 29.4 Å². The van der Waals surface area contributed by atoms with Gasteiger partial charge in [-0.1, -0.05) is 18.2 Å². The van der Waals surface area contributed by atoms with Crippen LogP contribution in [0.5, 0.6) is 0 Å². The molecule has 35 heavy (non-hydrogen) atoms. The summed E-state index contributed by atoms with van der Waals surface area (Å²) < 4.78 is 40.1. The van der Waals surface area contributed by atoms with E-state index in [0.717, 1.165) is 68.2 Å². The fraction of sp³-hybridized carbons (Fsp3) is 0.520. The number of benzene rings is 1. The van der Waals surface area contributed by atoms with Gasteiger partial charge in [-0.3, -0.25) is 9.88 Å². The summed E-state index contributed by atoms with van der Waals surface area (Å²) in [6.45, 7) is 5.32. The predicted octanol–water partition coefficient (Wildman–Crippen LogP) is 4.47. The first-order chi connectivity index (χ1) is 16.9. The average molecular weight is 506 g/mol. The molecule has 5 rings (SSSR count). The van der Waals surface area contributed by atoms with Gasteiger partial charge in [0.2, 0.25) is 0 Å². The summed E-state index contributed by atoms with van der Waals surface area (Å²) in [5.41, 5.74) is 2.56. The zero-order valence-corrected chi connectivity index (χ0v) is 20.4. The number of aliphatic hydroxyl groups is 1. The Morgan fingerprint density at radius 1 is 1.00 bits per heavy atom. The van der Waals surface area contributed by atoms with Crippen LogP contribution in [0.1, 0.15) is 30.5 Å². The SMILES string of the molecule is OC1CCN(c2nc(CN3CCCN(c4c(CC(F)(F)F)ccc5cccnc45)CC3)cs2)CC1. The highest BCUT2D eigenvalue weighted by molar-refractivity contribution is 7.13. The normalized spacial score (nSPS) is 18.9. The fourth-order valence-corrected chi connectivity index (χ4v) is 5.91. The molecule has 0 bridgehead atoms. The van der Waals surface area contributed by atoms with E-state index in [2.05, 4.69) is 25.1 Å². The van der Waals surface area contributed by atoms with Crippen LogP contribution in [0.3, 0.4) is 0 Å². The van der Waals surface area contributed by atoms with Crippen LogP contribution in [-0.2, 0) is 13.0 Å². The maximum absolute atomic E-state index is 13.4. The van der Waals surface area contributed by atoms with E-state index in [-0.39, 0.29) is 11.7 Å². The van der Waals surface area contributed by atoms with Crippen LogP contribution in [0.25, 0.3) is 10.9 Å². The van der Waals surface area contributed by atoms with Gasteiger partial charge in [-0.2, -0.15) is 13.2 Å². The number of alkyl halides is 3. The van der Waals surface area contributed by atoms with Crippen molar-refractivity contribution in [3.8, 4) is 0 Å². The van der Waals surface area contributed by atoms with Crippen LogP contribution in [-0.4, -0.2) is 71.5 Å². The number of fused-ring (bicyclic) bond motifs is 1. The molecular formula is C25H30F3N5OS. The third-order valence-corrected chi connectivity index (χ3v) is 7.74. The minimum Gasteiger partial charge on any atom is -0.393 e. The van der Waals surface area contributed by atoms with E-state index in [9.17, 15) is 18.3 Å². The second-order valence-corrected chi connectivity index (χ2v) is 10.2. The van der Waals surface area contributed by atoms with Crippen LogP contribution in [0.15, 0.2) is 35.8 Å². The summed E-state index contributed by atoms with van der Waals surface area (Å²) in [4.78, 5) is 15.9. The lowest BCUT2D eigenvalue weighted by Crippen LogP contribution is -2.35. The summed E-state index contributed by atoms with van der Waals surface area (Å²) in [6, 6.07) is 7.05. The van der Waals surface area contributed by atoms with E-state index >= 15 is 0 Å². The second-order valence-electron chi connectivity index (χ2n) is 9.40. The van der Waals surface area contributed by atoms with Crippen molar-refractivity contribution in [2.45, 2.75) is 44.5 Å². The number of thiazole rings is 1. The van der Waals surface area contributed by atoms with Crippen molar-refractivity contribution in [3.63, 3.8) is 0 Å². The Balaban J connectivity index is 1.29. The minimum atomic E-state index is -4.27. The van der Waals surface area contributed by atoms with Gasteiger partial charge in [0.25, 0.3) is 0 Å². The number of rotatable bonds is 5. The molecule has 3 aromatic rings. The van der Waals surface area contributed by atoms with Crippen molar-refractivity contribution in [2.24, 2.45) is 0 Å². The largest absolute Gasteiger partial charge is 0.393 e. The standard InChI is InChI=1S/C25H30F3N5OS/c26-25(27,28)15-19-5-4-18-3-1-8-29-22(18)23(19)32-10-2-9-31(13-14-32)16-20-17-35-24(30-20)33-11-6-21(34)7-12-33/h1,3-5,8,17,21,34H,2,6-7,9-16H2. The van der Waals surface area contributed by atoms with Crippen LogP contribution < -0.4 is 9.80 Å². The second kappa shape index (κ2) is 10.3. The highest BCUT2D eigenvalue weighted by Gasteiger charge is 2.31. The van der Waals surface area contributed by atoms with E-state index < -0.39 is 12.6 Å². The first-order valence-electron chi connectivity index (χ1n) is 12.1. The molecule has 0 aliphatic carbocycles. The van der Waals surface area contributed by atoms with Crippen molar-refractivity contribution < 1.29 is 18.3 Å². The number of anilines is 2. The topological polar surface area (TPSA) is 55.7 Å². The van der Waals surface area contributed by atoms with Crippen LogP contribution in [0, 0.1) is 0 Å². The van der Waals surface area contributed by atoms with Gasteiger partial charge < -0.3 is 14.9 Å². The summed E-state index contributed by atoms with van der Waals surface area (Å²) >= 11 is 1.64. The van der Waals surface area contributed by atoms with Gasteiger partial charge in [0, 0.05) is 62.8 Å². The molecule has 188 valence electrons. The maximum atomic E-state index is 13.4. The Morgan fingerprint density at radius 2 is 1.83 bits per heavy atom. The molecule has 0 radical (unpaired) electrons. The zero-order valence-electron chi connectivity index (χ0n) is 19.5. The molecule has 6 nitrogen and oxygen atoms in total. The fourth-order valence-electron chi connectivity index (χ4n) is 5.04. The van der Waals surface area contributed by atoms with Crippen LogP contribution in [0.4, 0.5) is 24.0 Å². The molecule has 2 aromatic heterocycles.